The van der Waals surface area contributed by atoms with Crippen LogP contribution in [0.25, 0.3) is 0 Å². The molecule has 2 spiro atoms. The minimum atomic E-state index is -1.34. The molecular formula is C29H34ClN2O7-. The first kappa shape index (κ1) is 25.8. The van der Waals surface area contributed by atoms with Gasteiger partial charge in [-0.2, -0.15) is 0 Å². The van der Waals surface area contributed by atoms with E-state index >= 15 is 0 Å². The van der Waals surface area contributed by atoms with Crippen LogP contribution in [-0.4, -0.2) is 70.9 Å². The van der Waals surface area contributed by atoms with Crippen LogP contribution in [0.1, 0.15) is 47.0 Å². The van der Waals surface area contributed by atoms with Gasteiger partial charge in [0.1, 0.15) is 35.6 Å². The molecular weight excluding hydrogens is 524 g/mol. The molecule has 0 bridgehead atoms. The van der Waals surface area contributed by atoms with Gasteiger partial charge in [-0.3, -0.25) is 4.79 Å². The minimum absolute atomic E-state index is 0. The lowest BCUT2D eigenvalue weighted by Crippen LogP contribution is -3.00. The molecule has 2 saturated carbocycles. The smallest absolute Gasteiger partial charge is 0.334 e. The number of benzene rings is 1. The quantitative estimate of drug-likeness (QED) is 0.328. The van der Waals surface area contributed by atoms with E-state index in [0.717, 1.165) is 29.7 Å². The fraction of sp³-hybridized carbons (Fsp3) is 0.655. The SMILES string of the molecule is CC(=O)Nc1ccc(NC[C@@]2(O)[C@]34O[C@H]3C[C@H]3C5=C(CC[C@]3(C)[C@@]43O[C@H]3[C@@H]3O[C@@]32C(C)C)C(=O)OC5)cc1.[Cl-]. The maximum absolute atomic E-state index is 12.9. The van der Waals surface area contributed by atoms with Crippen LogP contribution >= 0.6 is 0 Å². The van der Waals surface area contributed by atoms with Crippen molar-refractivity contribution in [2.75, 3.05) is 23.8 Å². The molecule has 4 heterocycles. The van der Waals surface area contributed by atoms with Crippen molar-refractivity contribution in [2.24, 2.45) is 17.3 Å². The molecule has 4 aliphatic heterocycles. The van der Waals surface area contributed by atoms with Gasteiger partial charge in [-0.1, -0.05) is 20.8 Å². The number of hydrogen-bond donors (Lipinski definition) is 3. The van der Waals surface area contributed by atoms with Gasteiger partial charge in [0.25, 0.3) is 0 Å². The van der Waals surface area contributed by atoms with E-state index in [1.54, 1.807) is 0 Å². The zero-order valence-electron chi connectivity index (χ0n) is 22.5. The van der Waals surface area contributed by atoms with Crippen molar-refractivity contribution < 1.29 is 46.1 Å². The molecule has 1 amide bonds. The Kier molecular flexibility index (Phi) is 5.00. The Bertz CT molecular complexity index is 1330. The van der Waals surface area contributed by atoms with E-state index in [9.17, 15) is 14.7 Å². The summed E-state index contributed by atoms with van der Waals surface area (Å²) in [6, 6.07) is 7.46. The summed E-state index contributed by atoms with van der Waals surface area (Å²) in [7, 11) is 0. The third kappa shape index (κ3) is 2.67. The van der Waals surface area contributed by atoms with Gasteiger partial charge in [0.15, 0.2) is 5.60 Å². The highest BCUT2D eigenvalue weighted by Gasteiger charge is 3.04. The van der Waals surface area contributed by atoms with Gasteiger partial charge in [0.2, 0.25) is 5.91 Å². The van der Waals surface area contributed by atoms with Crippen LogP contribution in [0.2, 0.25) is 0 Å². The van der Waals surface area contributed by atoms with Crippen LogP contribution in [0, 0.1) is 17.3 Å². The molecule has 39 heavy (non-hydrogen) atoms. The van der Waals surface area contributed by atoms with Gasteiger partial charge in [0.05, 0.1) is 6.10 Å². The number of ether oxygens (including phenoxy) is 4. The molecule has 9 nitrogen and oxygen atoms in total. The summed E-state index contributed by atoms with van der Waals surface area (Å²) in [6.45, 7) is 8.54. The topological polar surface area (TPSA) is 125 Å². The summed E-state index contributed by atoms with van der Waals surface area (Å²) in [5.41, 5.74) is -0.492. The number of carbonyl (C=O) groups excluding carboxylic acids is 2. The summed E-state index contributed by atoms with van der Waals surface area (Å²) in [5.74, 6) is -0.136. The second-order valence-electron chi connectivity index (χ2n) is 12.9. The summed E-state index contributed by atoms with van der Waals surface area (Å²) in [6.07, 6.45) is 1.64. The third-order valence-corrected chi connectivity index (χ3v) is 11.1. The number of anilines is 2. The molecule has 5 fully saturated rings. The Morgan fingerprint density at radius 3 is 2.51 bits per heavy atom. The molecule has 0 aromatic heterocycles. The van der Waals surface area contributed by atoms with E-state index in [4.69, 9.17) is 18.9 Å². The highest BCUT2D eigenvalue weighted by molar-refractivity contribution is 5.92. The van der Waals surface area contributed by atoms with E-state index in [0.29, 0.717) is 18.7 Å². The van der Waals surface area contributed by atoms with Gasteiger partial charge in [-0.25, -0.2) is 4.79 Å². The zero-order chi connectivity index (χ0) is 26.5. The van der Waals surface area contributed by atoms with Crippen LogP contribution in [0.15, 0.2) is 35.4 Å². The van der Waals surface area contributed by atoms with Crippen LogP contribution in [0.5, 0.6) is 0 Å². The van der Waals surface area contributed by atoms with E-state index < -0.39 is 22.4 Å². The van der Waals surface area contributed by atoms with Gasteiger partial charge < -0.3 is 47.1 Å². The highest BCUT2D eigenvalue weighted by atomic mass is 35.5. The Hall–Kier alpha value is -2.17. The second kappa shape index (κ2) is 7.56. The Morgan fingerprint density at radius 1 is 1.10 bits per heavy atom. The number of rotatable bonds is 5. The maximum atomic E-state index is 12.9. The molecule has 7 aliphatic rings. The predicted molar refractivity (Wildman–Crippen MR) is 135 cm³/mol. The third-order valence-electron chi connectivity index (χ3n) is 11.1. The summed E-state index contributed by atoms with van der Waals surface area (Å²) in [5, 5.41) is 19.2. The molecule has 3 saturated heterocycles. The second-order valence-corrected chi connectivity index (χ2v) is 12.9. The number of amides is 1. The van der Waals surface area contributed by atoms with Gasteiger partial charge in [-0.05, 0) is 60.9 Å². The van der Waals surface area contributed by atoms with Crippen LogP contribution in [0.3, 0.4) is 0 Å². The fourth-order valence-corrected chi connectivity index (χ4v) is 9.45. The number of nitrogens with one attached hydrogen (secondary N) is 2. The van der Waals surface area contributed by atoms with Crippen molar-refractivity contribution >= 4 is 23.3 Å². The summed E-state index contributed by atoms with van der Waals surface area (Å²) < 4.78 is 25.4. The molecule has 3 aliphatic carbocycles. The average Bonchev–Trinajstić information content (AvgIpc) is 3.77. The number of hydrogen-bond acceptors (Lipinski definition) is 8. The van der Waals surface area contributed by atoms with Crippen LogP contribution < -0.4 is 23.0 Å². The van der Waals surface area contributed by atoms with Crippen LogP contribution in [-0.2, 0) is 28.5 Å². The number of carbonyl (C=O) groups is 2. The lowest BCUT2D eigenvalue weighted by atomic mass is 9.44. The average molecular weight is 558 g/mol. The standard InChI is InChI=1S/C29H34N2O7.ClH/c1-14(2)27-22(37-27)23-29(38-23)25(4)10-9-18-19(12-35-24(18)33)20(25)11-21-28(29,36-21)26(27,34)13-30-16-5-7-17(8-6-16)31-15(3)32;/h5-8,14,20-23,30,34H,9-13H2,1-4H3,(H,31,32);1H/p-1/t20-,21-,22-,23-,25-,26-,27-,28+,29+;/m0./s1. The molecule has 1 aromatic rings. The van der Waals surface area contributed by atoms with Gasteiger partial charge in [0, 0.05) is 35.8 Å². The Morgan fingerprint density at radius 2 is 1.82 bits per heavy atom. The van der Waals surface area contributed by atoms with E-state index in [1.807, 2.05) is 24.3 Å². The summed E-state index contributed by atoms with van der Waals surface area (Å²) >= 11 is 0. The largest absolute Gasteiger partial charge is 1.00 e. The number of cyclic esters (lactones) is 1. The molecule has 1 aromatic carbocycles. The predicted octanol–water partition coefficient (Wildman–Crippen LogP) is -0.452. The number of epoxide rings is 3. The first-order chi connectivity index (χ1) is 18.1. The zero-order valence-corrected chi connectivity index (χ0v) is 23.3. The lowest BCUT2D eigenvalue weighted by Gasteiger charge is -2.56. The number of esters is 1. The molecule has 0 unspecified atom stereocenters. The van der Waals surface area contributed by atoms with E-state index in [1.165, 1.54) is 6.92 Å². The number of halogens is 1. The van der Waals surface area contributed by atoms with Crippen molar-refractivity contribution in [2.45, 2.75) is 87.7 Å². The Labute approximate surface area is 233 Å². The van der Waals surface area contributed by atoms with E-state index in [-0.39, 0.29) is 66.4 Å². The van der Waals surface area contributed by atoms with Crippen LogP contribution in [0.4, 0.5) is 11.4 Å². The fourth-order valence-electron chi connectivity index (χ4n) is 9.45. The van der Waals surface area contributed by atoms with Crippen molar-refractivity contribution in [3.8, 4) is 0 Å². The van der Waals surface area contributed by atoms with Crippen molar-refractivity contribution in [1.82, 2.24) is 0 Å². The van der Waals surface area contributed by atoms with E-state index in [2.05, 4.69) is 31.4 Å². The highest BCUT2D eigenvalue weighted by Crippen LogP contribution is 2.85. The van der Waals surface area contributed by atoms with Gasteiger partial charge >= 0.3 is 5.97 Å². The molecule has 10 heteroatoms. The molecule has 8 rings (SSSR count). The first-order valence-electron chi connectivity index (χ1n) is 13.8. The first-order valence-corrected chi connectivity index (χ1v) is 13.8. The maximum Gasteiger partial charge on any atom is 0.334 e. The minimum Gasteiger partial charge on any atom is -1.00 e. The Balaban J connectivity index is 0.00000253. The van der Waals surface area contributed by atoms with Crippen molar-refractivity contribution in [3.63, 3.8) is 0 Å². The summed E-state index contributed by atoms with van der Waals surface area (Å²) in [4.78, 5) is 23.8. The molecule has 9 atom stereocenters. The number of aliphatic hydroxyl groups is 1. The number of fused-ring (bicyclic) bond motifs is 4. The lowest BCUT2D eigenvalue weighted by molar-refractivity contribution is -0.159. The normalized spacial score (nSPS) is 47.3. The molecule has 0 radical (unpaired) electrons. The van der Waals surface area contributed by atoms with Gasteiger partial charge in [-0.15, -0.1) is 0 Å². The monoisotopic (exact) mass is 557 g/mol. The van der Waals surface area contributed by atoms with Crippen molar-refractivity contribution in [1.29, 1.82) is 0 Å². The van der Waals surface area contributed by atoms with Crippen molar-refractivity contribution in [3.05, 3.63) is 35.4 Å². The molecule has 210 valence electrons. The molecule has 3 N–H and O–H groups in total.